The Kier molecular flexibility index (Phi) is 5.95. The lowest BCUT2D eigenvalue weighted by Gasteiger charge is -2.06. The fourth-order valence-corrected chi connectivity index (χ4v) is 2.05. The van der Waals surface area contributed by atoms with Crippen molar-refractivity contribution in [3.05, 3.63) is 74.4 Å². The number of carbonyl (C=O) groups excluding carboxylic acids is 1. The number of anilines is 2. The Morgan fingerprint density at radius 2 is 1.76 bits per heavy atom. The number of rotatable bonds is 5. The van der Waals surface area contributed by atoms with Crippen LogP contribution in [0.1, 0.15) is 0 Å². The first-order valence-corrected chi connectivity index (χ1v) is 7.54. The summed E-state index contributed by atoms with van der Waals surface area (Å²) in [5.74, 6) is -0.663. The lowest BCUT2D eigenvalue weighted by atomic mass is 10.2. The standard InChI is InChI=1S/C16H10Cl2N4O3/c17-14-6-3-12(7-15(14)18)20-9-10(8-19)16(23)21-11-1-4-13(5-2-11)22(24)25/h1-7,9,20H,(H,21,23)/b10-9-. The van der Waals surface area contributed by atoms with E-state index in [1.807, 2.05) is 0 Å². The highest BCUT2D eigenvalue weighted by Gasteiger charge is 2.11. The number of amides is 1. The minimum atomic E-state index is -0.663. The first kappa shape index (κ1) is 18.3. The molecule has 126 valence electrons. The van der Waals surface area contributed by atoms with Crippen LogP contribution in [0.2, 0.25) is 10.0 Å². The monoisotopic (exact) mass is 376 g/mol. The Bertz CT molecular complexity index is 889. The number of non-ortho nitro benzene ring substituents is 1. The maximum atomic E-state index is 12.1. The van der Waals surface area contributed by atoms with Crippen LogP contribution < -0.4 is 10.6 Å². The molecule has 2 aromatic carbocycles. The summed E-state index contributed by atoms with van der Waals surface area (Å²) in [5, 5.41) is 25.7. The van der Waals surface area contributed by atoms with Crippen LogP contribution in [0.25, 0.3) is 0 Å². The number of carbonyl (C=O) groups is 1. The number of halogens is 2. The normalized spacial score (nSPS) is 10.7. The van der Waals surface area contributed by atoms with Gasteiger partial charge in [0.05, 0.1) is 15.0 Å². The largest absolute Gasteiger partial charge is 0.360 e. The van der Waals surface area contributed by atoms with Gasteiger partial charge in [-0.2, -0.15) is 5.26 Å². The van der Waals surface area contributed by atoms with Gasteiger partial charge >= 0.3 is 0 Å². The summed E-state index contributed by atoms with van der Waals surface area (Å²) in [4.78, 5) is 22.1. The molecule has 0 aliphatic carbocycles. The molecule has 0 bridgehead atoms. The van der Waals surface area contributed by atoms with E-state index in [1.54, 1.807) is 24.3 Å². The second-order valence-corrected chi connectivity index (χ2v) is 5.52. The molecule has 0 aliphatic rings. The number of nitriles is 1. The predicted octanol–water partition coefficient (Wildman–Crippen LogP) is 4.36. The summed E-state index contributed by atoms with van der Waals surface area (Å²) in [7, 11) is 0. The summed E-state index contributed by atoms with van der Waals surface area (Å²) < 4.78 is 0. The van der Waals surface area contributed by atoms with Crippen LogP contribution in [0.15, 0.2) is 54.2 Å². The number of nitrogens with zero attached hydrogens (tertiary/aromatic N) is 2. The van der Waals surface area contributed by atoms with E-state index >= 15 is 0 Å². The summed E-state index contributed by atoms with van der Waals surface area (Å²) in [5.41, 5.74) is 0.580. The van der Waals surface area contributed by atoms with Crippen LogP contribution in [0.4, 0.5) is 17.1 Å². The van der Waals surface area contributed by atoms with Crippen molar-refractivity contribution in [3.8, 4) is 6.07 Å². The van der Waals surface area contributed by atoms with Gasteiger partial charge in [-0.1, -0.05) is 23.2 Å². The molecule has 0 aromatic heterocycles. The molecule has 1 amide bonds. The van der Waals surface area contributed by atoms with Crippen molar-refractivity contribution >= 4 is 46.2 Å². The maximum absolute atomic E-state index is 12.1. The smallest absolute Gasteiger partial charge is 0.269 e. The molecule has 0 atom stereocenters. The molecule has 2 N–H and O–H groups in total. The second kappa shape index (κ2) is 8.15. The average molecular weight is 377 g/mol. The zero-order valence-electron chi connectivity index (χ0n) is 12.5. The summed E-state index contributed by atoms with van der Waals surface area (Å²) in [6, 6.07) is 11.8. The van der Waals surface area contributed by atoms with Gasteiger partial charge in [-0.3, -0.25) is 14.9 Å². The van der Waals surface area contributed by atoms with Crippen molar-refractivity contribution < 1.29 is 9.72 Å². The Hall–Kier alpha value is -3.08. The molecule has 0 saturated carbocycles. The van der Waals surface area contributed by atoms with Crippen molar-refractivity contribution in [2.24, 2.45) is 0 Å². The minimum absolute atomic E-state index is 0.102. The highest BCUT2D eigenvalue weighted by molar-refractivity contribution is 6.42. The van der Waals surface area contributed by atoms with E-state index in [1.165, 1.54) is 30.5 Å². The summed E-state index contributed by atoms with van der Waals surface area (Å²) in [6.45, 7) is 0. The number of hydrogen-bond donors (Lipinski definition) is 2. The molecular weight excluding hydrogens is 367 g/mol. The highest BCUT2D eigenvalue weighted by atomic mass is 35.5. The van der Waals surface area contributed by atoms with Crippen molar-refractivity contribution in [3.63, 3.8) is 0 Å². The molecule has 2 aromatic rings. The van der Waals surface area contributed by atoms with E-state index < -0.39 is 10.8 Å². The third kappa shape index (κ3) is 4.94. The van der Waals surface area contributed by atoms with E-state index in [0.29, 0.717) is 21.4 Å². The number of hydrogen-bond acceptors (Lipinski definition) is 5. The molecule has 7 nitrogen and oxygen atoms in total. The molecule has 0 unspecified atom stereocenters. The van der Waals surface area contributed by atoms with Crippen LogP contribution in [-0.2, 0) is 4.79 Å². The van der Waals surface area contributed by atoms with Crippen molar-refractivity contribution in [1.29, 1.82) is 5.26 Å². The number of nitro groups is 1. The van der Waals surface area contributed by atoms with Gasteiger partial charge in [-0.15, -0.1) is 0 Å². The number of nitro benzene ring substituents is 1. The molecule has 0 heterocycles. The van der Waals surface area contributed by atoms with Crippen LogP contribution >= 0.6 is 23.2 Å². The molecule has 2 rings (SSSR count). The van der Waals surface area contributed by atoms with Crippen LogP contribution in [0.3, 0.4) is 0 Å². The molecular formula is C16H10Cl2N4O3. The fraction of sp³-hybridized carbons (Fsp3) is 0. The average Bonchev–Trinajstić information content (AvgIpc) is 2.59. The van der Waals surface area contributed by atoms with Gasteiger partial charge in [0, 0.05) is 29.7 Å². The lowest BCUT2D eigenvalue weighted by molar-refractivity contribution is -0.384. The van der Waals surface area contributed by atoms with Gasteiger partial charge in [-0.05, 0) is 30.3 Å². The third-order valence-electron chi connectivity index (χ3n) is 3.00. The molecule has 25 heavy (non-hydrogen) atoms. The van der Waals surface area contributed by atoms with Crippen LogP contribution in [0.5, 0.6) is 0 Å². The third-order valence-corrected chi connectivity index (χ3v) is 3.74. The molecule has 9 heteroatoms. The molecule has 0 radical (unpaired) electrons. The minimum Gasteiger partial charge on any atom is -0.360 e. The first-order valence-electron chi connectivity index (χ1n) is 6.78. The number of nitrogens with one attached hydrogen (secondary N) is 2. The van der Waals surface area contributed by atoms with Gasteiger partial charge in [0.25, 0.3) is 11.6 Å². The zero-order valence-corrected chi connectivity index (χ0v) is 14.0. The van der Waals surface area contributed by atoms with Gasteiger partial charge in [0.2, 0.25) is 0 Å². The van der Waals surface area contributed by atoms with Gasteiger partial charge in [-0.25, -0.2) is 0 Å². The Balaban J connectivity index is 2.08. The quantitative estimate of drug-likeness (QED) is 0.348. The predicted molar refractivity (Wildman–Crippen MR) is 95.5 cm³/mol. The number of benzene rings is 2. The van der Waals surface area contributed by atoms with Crippen molar-refractivity contribution in [2.75, 3.05) is 10.6 Å². The van der Waals surface area contributed by atoms with E-state index in [9.17, 15) is 14.9 Å². The van der Waals surface area contributed by atoms with Crippen LogP contribution in [-0.4, -0.2) is 10.8 Å². The molecule has 0 spiro atoms. The highest BCUT2D eigenvalue weighted by Crippen LogP contribution is 2.25. The van der Waals surface area contributed by atoms with Gasteiger partial charge < -0.3 is 10.6 Å². The zero-order chi connectivity index (χ0) is 18.4. The Morgan fingerprint density at radius 3 is 2.32 bits per heavy atom. The summed E-state index contributed by atoms with van der Waals surface area (Å²) >= 11 is 11.7. The van der Waals surface area contributed by atoms with E-state index in [4.69, 9.17) is 28.5 Å². The maximum Gasteiger partial charge on any atom is 0.269 e. The van der Waals surface area contributed by atoms with Gasteiger partial charge in [0.15, 0.2) is 0 Å². The molecule has 0 saturated heterocycles. The van der Waals surface area contributed by atoms with Crippen molar-refractivity contribution in [2.45, 2.75) is 0 Å². The van der Waals surface area contributed by atoms with E-state index in [-0.39, 0.29) is 11.3 Å². The fourth-order valence-electron chi connectivity index (χ4n) is 1.75. The van der Waals surface area contributed by atoms with E-state index in [0.717, 1.165) is 0 Å². The summed E-state index contributed by atoms with van der Waals surface area (Å²) in [6.07, 6.45) is 1.22. The first-order chi connectivity index (χ1) is 11.9. The SMILES string of the molecule is N#C/C(=C/Nc1ccc(Cl)c(Cl)c1)C(=O)Nc1ccc([N+](=O)[O-])cc1. The van der Waals surface area contributed by atoms with Crippen LogP contribution in [0, 0.1) is 21.4 Å². The van der Waals surface area contributed by atoms with Crippen molar-refractivity contribution in [1.82, 2.24) is 0 Å². The second-order valence-electron chi connectivity index (χ2n) is 4.70. The Labute approximate surface area is 152 Å². The lowest BCUT2D eigenvalue weighted by Crippen LogP contribution is -2.14. The van der Waals surface area contributed by atoms with E-state index in [2.05, 4.69) is 10.6 Å². The topological polar surface area (TPSA) is 108 Å². The Morgan fingerprint density at radius 1 is 1.12 bits per heavy atom. The van der Waals surface area contributed by atoms with Gasteiger partial charge in [0.1, 0.15) is 11.6 Å². The molecule has 0 aliphatic heterocycles. The molecule has 0 fully saturated rings.